The summed E-state index contributed by atoms with van der Waals surface area (Å²) in [6.07, 6.45) is 0. The van der Waals surface area contributed by atoms with Gasteiger partial charge in [0.15, 0.2) is 0 Å². The molecule has 0 heterocycles. The van der Waals surface area contributed by atoms with Crippen LogP contribution >= 0.6 is 54.5 Å². The average molecular weight is 486 g/mol. The second-order valence-electron chi connectivity index (χ2n) is 4.64. The summed E-state index contributed by atoms with van der Waals surface area (Å²) < 4.78 is 3.60. The van der Waals surface area contributed by atoms with E-state index in [2.05, 4.69) is 96.9 Å². The monoisotopic (exact) mass is 484 g/mol. The molecule has 0 nitrogen and oxygen atoms in total. The van der Waals surface area contributed by atoms with E-state index in [1.807, 2.05) is 0 Å². The van der Waals surface area contributed by atoms with Gasteiger partial charge in [0.25, 0.3) is 0 Å². The van der Waals surface area contributed by atoms with Gasteiger partial charge in [-0.2, -0.15) is 0 Å². The SMILES string of the molecule is Brc1ccc2ccc3c(Br)c(I)cc4ccc1c2c43. The maximum atomic E-state index is 3.72. The van der Waals surface area contributed by atoms with Crippen molar-refractivity contribution >= 4 is 86.8 Å². The molecule has 4 aromatic rings. The van der Waals surface area contributed by atoms with Gasteiger partial charge in [-0.3, -0.25) is 0 Å². The first-order chi connectivity index (χ1) is 9.16. The lowest BCUT2D eigenvalue weighted by Crippen LogP contribution is -1.87. The van der Waals surface area contributed by atoms with Crippen LogP contribution in [0.3, 0.4) is 0 Å². The highest BCUT2D eigenvalue weighted by Gasteiger charge is 2.13. The minimum atomic E-state index is 1.16. The number of halogens is 3. The molecule has 0 aliphatic heterocycles. The first-order valence-corrected chi connectivity index (χ1v) is 8.54. The van der Waals surface area contributed by atoms with Gasteiger partial charge >= 0.3 is 0 Å². The molecule has 92 valence electrons. The van der Waals surface area contributed by atoms with Crippen molar-refractivity contribution in [2.45, 2.75) is 0 Å². The maximum Gasteiger partial charge on any atom is 0.0387 e. The van der Waals surface area contributed by atoms with Gasteiger partial charge < -0.3 is 0 Å². The largest absolute Gasteiger partial charge is 0.0537 e. The summed E-state index contributed by atoms with van der Waals surface area (Å²) in [6, 6.07) is 15.4. The Hall–Kier alpha value is -0.390. The minimum absolute atomic E-state index is 1.16. The van der Waals surface area contributed by atoms with Gasteiger partial charge in [0.2, 0.25) is 0 Å². The number of hydrogen-bond donors (Lipinski definition) is 0. The van der Waals surface area contributed by atoms with Crippen LogP contribution in [-0.2, 0) is 0 Å². The zero-order valence-electron chi connectivity index (χ0n) is 9.68. The molecular formula is C16H7Br2I. The van der Waals surface area contributed by atoms with Gasteiger partial charge in [-0.1, -0.05) is 46.3 Å². The van der Waals surface area contributed by atoms with E-state index in [-0.39, 0.29) is 0 Å². The fraction of sp³-hybridized carbons (Fsp3) is 0. The quantitative estimate of drug-likeness (QED) is 0.192. The molecule has 0 amide bonds. The Kier molecular flexibility index (Phi) is 2.80. The average Bonchev–Trinajstić information content (AvgIpc) is 2.42. The van der Waals surface area contributed by atoms with Crippen LogP contribution in [0.25, 0.3) is 32.3 Å². The van der Waals surface area contributed by atoms with E-state index in [0.717, 1.165) is 4.47 Å². The van der Waals surface area contributed by atoms with Crippen LogP contribution in [-0.4, -0.2) is 0 Å². The van der Waals surface area contributed by atoms with Crippen molar-refractivity contribution in [3.8, 4) is 0 Å². The first-order valence-electron chi connectivity index (χ1n) is 5.88. The third-order valence-corrected chi connectivity index (χ3v) is 6.76. The molecule has 0 N–H and O–H groups in total. The van der Waals surface area contributed by atoms with Crippen molar-refractivity contribution in [1.82, 2.24) is 0 Å². The van der Waals surface area contributed by atoms with Crippen molar-refractivity contribution in [1.29, 1.82) is 0 Å². The summed E-state index contributed by atoms with van der Waals surface area (Å²) in [6.45, 7) is 0. The van der Waals surface area contributed by atoms with Crippen molar-refractivity contribution in [2.75, 3.05) is 0 Å². The Morgan fingerprint density at radius 2 is 1.37 bits per heavy atom. The number of rotatable bonds is 0. The van der Waals surface area contributed by atoms with Crippen LogP contribution in [0.15, 0.2) is 51.4 Å². The fourth-order valence-corrected chi connectivity index (χ4v) is 4.30. The van der Waals surface area contributed by atoms with Gasteiger partial charge in [0, 0.05) is 12.5 Å². The van der Waals surface area contributed by atoms with E-state index < -0.39 is 0 Å². The van der Waals surface area contributed by atoms with Crippen LogP contribution in [0, 0.1) is 3.57 Å². The molecule has 0 bridgehead atoms. The molecule has 0 fully saturated rings. The predicted molar refractivity (Wildman–Crippen MR) is 98.3 cm³/mol. The summed E-state index contributed by atoms with van der Waals surface area (Å²) in [7, 11) is 0. The van der Waals surface area contributed by atoms with Gasteiger partial charge in [-0.05, 0) is 83.0 Å². The molecule has 0 saturated carbocycles. The van der Waals surface area contributed by atoms with Crippen molar-refractivity contribution in [2.24, 2.45) is 0 Å². The Morgan fingerprint density at radius 1 is 0.737 bits per heavy atom. The maximum absolute atomic E-state index is 3.72. The molecule has 3 heteroatoms. The van der Waals surface area contributed by atoms with Gasteiger partial charge in [0.1, 0.15) is 0 Å². The highest BCUT2D eigenvalue weighted by Crippen LogP contribution is 2.41. The molecule has 0 spiro atoms. The second-order valence-corrected chi connectivity index (χ2v) is 7.45. The van der Waals surface area contributed by atoms with E-state index in [0.29, 0.717) is 0 Å². The molecule has 0 aliphatic carbocycles. The smallest absolute Gasteiger partial charge is 0.0387 e. The minimum Gasteiger partial charge on any atom is -0.0537 e. The lowest BCUT2D eigenvalue weighted by molar-refractivity contribution is 1.68. The second kappa shape index (κ2) is 4.30. The molecule has 0 atom stereocenters. The Balaban J connectivity index is 2.44. The van der Waals surface area contributed by atoms with Crippen LogP contribution in [0.4, 0.5) is 0 Å². The van der Waals surface area contributed by atoms with Gasteiger partial charge in [-0.25, -0.2) is 0 Å². The summed E-state index contributed by atoms with van der Waals surface area (Å²) >= 11 is 9.77. The zero-order chi connectivity index (χ0) is 13.1. The lowest BCUT2D eigenvalue weighted by atomic mass is 9.94. The van der Waals surface area contributed by atoms with Gasteiger partial charge in [-0.15, -0.1) is 0 Å². The van der Waals surface area contributed by atoms with Crippen LogP contribution < -0.4 is 0 Å². The standard InChI is InChI=1S/C16H7Br2I/c17-12-6-3-8-1-5-11-15-9(7-13(19)16(11)18)2-4-10(12)14(8)15/h1-7H. The van der Waals surface area contributed by atoms with Crippen LogP contribution in [0.2, 0.25) is 0 Å². The first kappa shape index (κ1) is 12.4. The molecular weight excluding hydrogens is 479 g/mol. The van der Waals surface area contributed by atoms with Gasteiger partial charge in [0.05, 0.1) is 0 Å². The third kappa shape index (κ3) is 1.68. The Labute approximate surface area is 140 Å². The van der Waals surface area contributed by atoms with E-state index in [9.17, 15) is 0 Å². The summed E-state index contributed by atoms with van der Waals surface area (Å²) in [5, 5.41) is 7.87. The van der Waals surface area contributed by atoms with Crippen molar-refractivity contribution in [3.63, 3.8) is 0 Å². The molecule has 0 aliphatic rings. The summed E-state index contributed by atoms with van der Waals surface area (Å²) in [5.74, 6) is 0. The van der Waals surface area contributed by atoms with E-state index in [1.165, 1.54) is 40.4 Å². The normalized spacial score (nSPS) is 11.9. The zero-order valence-corrected chi connectivity index (χ0v) is 15.0. The Bertz CT molecular complexity index is 944. The van der Waals surface area contributed by atoms with Crippen LogP contribution in [0.1, 0.15) is 0 Å². The highest BCUT2D eigenvalue weighted by molar-refractivity contribution is 14.1. The van der Waals surface area contributed by atoms with Crippen molar-refractivity contribution < 1.29 is 0 Å². The fourth-order valence-electron chi connectivity index (χ4n) is 2.77. The Morgan fingerprint density at radius 3 is 2.21 bits per heavy atom. The summed E-state index contributed by atoms with van der Waals surface area (Å²) in [5.41, 5.74) is 0. The predicted octanol–water partition coefficient (Wildman–Crippen LogP) is 6.71. The van der Waals surface area contributed by atoms with E-state index in [1.54, 1.807) is 0 Å². The van der Waals surface area contributed by atoms with Crippen LogP contribution in [0.5, 0.6) is 0 Å². The van der Waals surface area contributed by atoms with E-state index in [4.69, 9.17) is 0 Å². The molecule has 0 aromatic heterocycles. The molecule has 0 radical (unpaired) electrons. The molecule has 4 aromatic carbocycles. The third-order valence-electron chi connectivity index (χ3n) is 3.62. The molecule has 4 rings (SSSR count). The lowest BCUT2D eigenvalue weighted by Gasteiger charge is -2.13. The van der Waals surface area contributed by atoms with E-state index >= 15 is 0 Å². The summed E-state index contributed by atoms with van der Waals surface area (Å²) in [4.78, 5) is 0. The number of benzene rings is 4. The van der Waals surface area contributed by atoms with Crippen molar-refractivity contribution in [3.05, 3.63) is 55.0 Å². The molecule has 0 saturated heterocycles. The molecule has 19 heavy (non-hydrogen) atoms. The topological polar surface area (TPSA) is 0 Å². The highest BCUT2D eigenvalue weighted by atomic mass is 127. The molecule has 0 unspecified atom stereocenters. The number of hydrogen-bond acceptors (Lipinski definition) is 0.